The highest BCUT2D eigenvalue weighted by Crippen LogP contribution is 2.35. The molecule has 0 aliphatic rings. The highest BCUT2D eigenvalue weighted by atomic mass is 19.1. The second-order valence-corrected chi connectivity index (χ2v) is 9.35. The molecule has 2 aromatic heterocycles. The van der Waals surface area contributed by atoms with E-state index in [4.69, 9.17) is 15.1 Å². The zero-order chi connectivity index (χ0) is 27.9. The molecular weight excluding hydrogens is 501 g/mol. The van der Waals surface area contributed by atoms with Gasteiger partial charge in [-0.1, -0.05) is 32.0 Å². The van der Waals surface area contributed by atoms with E-state index in [2.05, 4.69) is 10.3 Å². The summed E-state index contributed by atoms with van der Waals surface area (Å²) in [4.78, 5) is 24.8. The number of imidazole rings is 1. The third kappa shape index (κ3) is 7.13. The number of anilines is 2. The van der Waals surface area contributed by atoms with Crippen LogP contribution < -0.4 is 5.32 Å². The number of carboxylic acids is 1. The lowest BCUT2D eigenvalue weighted by molar-refractivity contribution is -0.139. The molecule has 0 saturated heterocycles. The lowest BCUT2D eigenvalue weighted by Gasteiger charge is -2.13. The number of rotatable bonds is 11. The van der Waals surface area contributed by atoms with Crippen LogP contribution in [-0.2, 0) is 4.79 Å². The van der Waals surface area contributed by atoms with Gasteiger partial charge < -0.3 is 25.2 Å². The molecule has 0 spiro atoms. The average molecular weight is 532 g/mol. The molecule has 2 heterocycles. The van der Waals surface area contributed by atoms with Crippen molar-refractivity contribution in [2.24, 2.45) is 0 Å². The number of aliphatic hydroxyl groups is 2. The summed E-state index contributed by atoms with van der Waals surface area (Å²) in [6, 6.07) is 17.2. The highest BCUT2D eigenvalue weighted by molar-refractivity contribution is 5.79. The summed E-state index contributed by atoms with van der Waals surface area (Å²) in [5, 5.41) is 32.5. The molecule has 4 rings (SSSR count). The van der Waals surface area contributed by atoms with Gasteiger partial charge in [-0.15, -0.1) is 0 Å². The second-order valence-electron chi connectivity index (χ2n) is 9.35. The molecule has 0 bridgehead atoms. The average Bonchev–Trinajstić information content (AvgIpc) is 3.28. The minimum Gasteiger partial charge on any atom is -0.481 e. The van der Waals surface area contributed by atoms with Crippen molar-refractivity contribution >= 4 is 23.8 Å². The zero-order valence-electron chi connectivity index (χ0n) is 21.6. The predicted octanol–water partition coefficient (Wildman–Crippen LogP) is 5.07. The molecule has 39 heavy (non-hydrogen) atoms. The number of aliphatic carboxylic acids is 1. The Morgan fingerprint density at radius 1 is 1.05 bits per heavy atom. The third-order valence-electron chi connectivity index (χ3n) is 5.88. The highest BCUT2D eigenvalue weighted by Gasteiger charge is 2.23. The predicted molar refractivity (Wildman–Crippen MR) is 147 cm³/mol. The number of halogens is 1. The molecule has 0 saturated carbocycles. The first kappa shape index (κ1) is 27.6. The molecule has 2 aromatic carbocycles. The molecule has 0 amide bonds. The zero-order valence-corrected chi connectivity index (χ0v) is 21.6. The first-order valence-corrected chi connectivity index (χ1v) is 12.5. The Morgan fingerprint density at radius 3 is 2.44 bits per heavy atom. The Hall–Kier alpha value is -4.41. The van der Waals surface area contributed by atoms with Gasteiger partial charge in [0.25, 0.3) is 0 Å². The molecule has 0 radical (unpaired) electrons. The van der Waals surface area contributed by atoms with Crippen LogP contribution in [0, 0.1) is 5.82 Å². The van der Waals surface area contributed by atoms with Gasteiger partial charge in [-0.05, 0) is 48.5 Å². The number of nitrogens with zero attached hydrogens (tertiary/aromatic N) is 4. The topological polar surface area (TPSA) is 133 Å². The van der Waals surface area contributed by atoms with E-state index >= 15 is 0 Å². The Balaban J connectivity index is 1.80. The van der Waals surface area contributed by atoms with Gasteiger partial charge in [0.05, 0.1) is 35.7 Å². The maximum atomic E-state index is 13.7. The molecule has 0 aliphatic heterocycles. The van der Waals surface area contributed by atoms with Gasteiger partial charge in [-0.3, -0.25) is 4.79 Å². The minimum atomic E-state index is -1.20. The normalized spacial score (nSPS) is 13.1. The summed E-state index contributed by atoms with van der Waals surface area (Å²) in [6.07, 6.45) is 1.81. The van der Waals surface area contributed by atoms with Crippen LogP contribution >= 0.6 is 0 Å². The van der Waals surface area contributed by atoms with E-state index in [1.165, 1.54) is 18.2 Å². The number of carbonyl (C=O) groups is 1. The second kappa shape index (κ2) is 12.4. The molecule has 2 unspecified atom stereocenters. The summed E-state index contributed by atoms with van der Waals surface area (Å²) in [6.45, 7) is 3.95. The summed E-state index contributed by atoms with van der Waals surface area (Å²) in [5.74, 6) is -0.534. The smallest absolute Gasteiger partial charge is 0.305 e. The van der Waals surface area contributed by atoms with Crippen LogP contribution in [0.2, 0.25) is 0 Å². The fraction of sp³-hybridized carbons (Fsp3) is 0.241. The Labute approximate surface area is 225 Å². The van der Waals surface area contributed by atoms with Crippen molar-refractivity contribution in [3.63, 3.8) is 0 Å². The minimum absolute atomic E-state index is 0.0407. The Bertz CT molecular complexity index is 1440. The van der Waals surface area contributed by atoms with E-state index in [9.17, 15) is 19.4 Å². The maximum Gasteiger partial charge on any atom is 0.305 e. The summed E-state index contributed by atoms with van der Waals surface area (Å²) >= 11 is 0. The van der Waals surface area contributed by atoms with Crippen molar-refractivity contribution in [2.45, 2.75) is 44.8 Å². The van der Waals surface area contributed by atoms with Gasteiger partial charge in [0, 0.05) is 36.0 Å². The molecule has 9 nitrogen and oxygen atoms in total. The summed E-state index contributed by atoms with van der Waals surface area (Å²) in [5.41, 5.74) is 3.18. The van der Waals surface area contributed by atoms with Gasteiger partial charge >= 0.3 is 5.97 Å². The molecule has 2 atom stereocenters. The first-order valence-electron chi connectivity index (χ1n) is 12.5. The van der Waals surface area contributed by atoms with Crippen molar-refractivity contribution < 1.29 is 24.5 Å². The molecule has 0 aliphatic carbocycles. The molecule has 202 valence electrons. The van der Waals surface area contributed by atoms with Crippen molar-refractivity contribution in [1.29, 1.82) is 0 Å². The van der Waals surface area contributed by atoms with Gasteiger partial charge in [0.2, 0.25) is 5.95 Å². The number of aliphatic hydroxyl groups excluding tert-OH is 2. The van der Waals surface area contributed by atoms with Crippen LogP contribution in [0.25, 0.3) is 28.8 Å². The summed E-state index contributed by atoms with van der Waals surface area (Å²) in [7, 11) is 0. The van der Waals surface area contributed by atoms with Crippen molar-refractivity contribution in [3.05, 3.63) is 84.6 Å². The van der Waals surface area contributed by atoms with E-state index in [1.807, 2.05) is 44.2 Å². The number of nitrogens with one attached hydrogen (secondary N) is 1. The third-order valence-corrected chi connectivity index (χ3v) is 5.88. The first-order chi connectivity index (χ1) is 18.7. The number of hydrogen-bond donors (Lipinski definition) is 4. The van der Waals surface area contributed by atoms with Crippen LogP contribution in [-0.4, -0.2) is 53.0 Å². The Kier molecular flexibility index (Phi) is 8.80. The SMILES string of the molecule is CC(C)c1nc(-c2ccc(F)cc2)c(-c2ccnc(Nc3ccccc3)n2)n1/C=C/C(O)CC(O)CC(=O)O. The van der Waals surface area contributed by atoms with E-state index in [0.29, 0.717) is 34.4 Å². The lowest BCUT2D eigenvalue weighted by Crippen LogP contribution is -2.19. The molecule has 4 aromatic rings. The monoisotopic (exact) mass is 531 g/mol. The molecule has 4 N–H and O–H groups in total. The largest absolute Gasteiger partial charge is 0.481 e. The van der Waals surface area contributed by atoms with Crippen molar-refractivity contribution in [2.75, 3.05) is 5.32 Å². The number of para-hydroxylation sites is 1. The quantitative estimate of drug-likeness (QED) is 0.211. The van der Waals surface area contributed by atoms with Gasteiger partial charge in [0.15, 0.2) is 0 Å². The van der Waals surface area contributed by atoms with Crippen LogP contribution in [0.15, 0.2) is 72.9 Å². The van der Waals surface area contributed by atoms with Crippen LogP contribution in [0.3, 0.4) is 0 Å². The lowest BCUT2D eigenvalue weighted by atomic mass is 10.1. The van der Waals surface area contributed by atoms with Crippen molar-refractivity contribution in [3.8, 4) is 22.6 Å². The van der Waals surface area contributed by atoms with Crippen molar-refractivity contribution in [1.82, 2.24) is 19.5 Å². The Morgan fingerprint density at radius 2 is 1.77 bits per heavy atom. The van der Waals surface area contributed by atoms with E-state index in [0.717, 1.165) is 5.69 Å². The van der Waals surface area contributed by atoms with E-state index in [-0.39, 0.29) is 18.2 Å². The number of aromatic nitrogens is 4. The summed E-state index contributed by atoms with van der Waals surface area (Å²) < 4.78 is 15.5. The van der Waals surface area contributed by atoms with Crippen LogP contribution in [0.1, 0.15) is 38.4 Å². The fourth-order valence-corrected chi connectivity index (χ4v) is 4.09. The fourth-order valence-electron chi connectivity index (χ4n) is 4.09. The molecule has 10 heteroatoms. The number of hydrogen-bond acceptors (Lipinski definition) is 7. The maximum absolute atomic E-state index is 13.7. The standard InChI is InChI=1S/C29H30FN5O4/c1-18(2)28-34-26(19-8-10-20(30)11-9-19)27(35(28)15-13-22(36)16-23(37)17-25(38)39)24-12-14-31-29(33-24)32-21-6-4-3-5-7-21/h3-15,18,22-23,36-37H,16-17H2,1-2H3,(H,38,39)(H,31,32,33)/b15-13+. The van der Waals surface area contributed by atoms with Gasteiger partial charge in [0.1, 0.15) is 11.6 Å². The number of benzene rings is 2. The van der Waals surface area contributed by atoms with Crippen LogP contribution in [0.4, 0.5) is 16.0 Å². The van der Waals surface area contributed by atoms with E-state index < -0.39 is 24.6 Å². The van der Waals surface area contributed by atoms with E-state index in [1.54, 1.807) is 35.2 Å². The molecule has 0 fully saturated rings. The van der Waals surface area contributed by atoms with Crippen LogP contribution in [0.5, 0.6) is 0 Å². The van der Waals surface area contributed by atoms with Gasteiger partial charge in [-0.2, -0.15) is 0 Å². The van der Waals surface area contributed by atoms with Gasteiger partial charge in [-0.25, -0.2) is 19.3 Å². The molecular formula is C29H30FN5O4. The number of carboxylic acid groups (broad SMARTS) is 1.